The van der Waals surface area contributed by atoms with E-state index in [9.17, 15) is 10.1 Å². The first-order valence-electron chi connectivity index (χ1n) is 3.81. The molecule has 74 valence electrons. The maximum absolute atomic E-state index is 10.1. The van der Waals surface area contributed by atoms with Crippen molar-refractivity contribution in [1.29, 1.82) is 0 Å². The van der Waals surface area contributed by atoms with Crippen LogP contribution in [0.4, 0.5) is 0 Å². The van der Waals surface area contributed by atoms with Crippen molar-refractivity contribution in [3.8, 4) is 0 Å². The average Bonchev–Trinajstić information content (AvgIpc) is 2.15. The molecule has 0 aliphatic carbocycles. The predicted molar refractivity (Wildman–Crippen MR) is 60.6 cm³/mol. The Morgan fingerprint density at radius 2 is 2.40 bits per heavy atom. The second-order valence-corrected chi connectivity index (χ2v) is 4.23. The van der Waals surface area contributed by atoms with E-state index in [1.165, 1.54) is 11.8 Å². The summed E-state index contributed by atoms with van der Waals surface area (Å²) in [6.45, 7) is 0. The van der Waals surface area contributed by atoms with Gasteiger partial charge in [-0.25, -0.2) is 0 Å². The number of hydrogen-bond acceptors (Lipinski definition) is 4. The standard InChI is InChI=1S/C9H8NO2S2.K/c11-10(12)6-9(13)14-7-8-4-2-1-3-5-8;/h1-4,6,13H,7H2;/q-1;+1. The Hall–Kier alpha value is 0.696. The molecule has 1 rings (SSSR count). The normalized spacial score (nSPS) is 10.6. The van der Waals surface area contributed by atoms with Crippen LogP contribution < -0.4 is 51.4 Å². The molecule has 0 unspecified atom stereocenters. The molecule has 0 spiro atoms. The minimum absolute atomic E-state index is 0. The molecule has 1 aromatic carbocycles. The first kappa shape index (κ1) is 15.7. The van der Waals surface area contributed by atoms with Crippen LogP contribution in [0.5, 0.6) is 0 Å². The zero-order valence-electron chi connectivity index (χ0n) is 8.21. The van der Waals surface area contributed by atoms with Gasteiger partial charge in [-0.2, -0.15) is 35.9 Å². The van der Waals surface area contributed by atoms with Gasteiger partial charge in [-0.3, -0.25) is 10.1 Å². The first-order valence-corrected chi connectivity index (χ1v) is 5.24. The Morgan fingerprint density at radius 1 is 1.67 bits per heavy atom. The van der Waals surface area contributed by atoms with Gasteiger partial charge in [0.2, 0.25) is 0 Å². The van der Waals surface area contributed by atoms with Gasteiger partial charge in [0.15, 0.2) is 0 Å². The Labute approximate surface area is 141 Å². The van der Waals surface area contributed by atoms with E-state index >= 15 is 0 Å². The molecule has 0 atom stereocenters. The number of nitrogens with zero attached hydrogens (tertiary/aromatic N) is 1. The van der Waals surface area contributed by atoms with Gasteiger partial charge in [0.1, 0.15) is 4.24 Å². The van der Waals surface area contributed by atoms with Crippen LogP contribution in [0.3, 0.4) is 0 Å². The van der Waals surface area contributed by atoms with Gasteiger partial charge in [0.05, 0.1) is 4.92 Å². The number of hydrogen-bond donors (Lipinski definition) is 1. The maximum atomic E-state index is 10.1. The molecule has 1 aromatic rings. The molecule has 0 N–H and O–H groups in total. The van der Waals surface area contributed by atoms with Crippen LogP contribution in [0.15, 0.2) is 34.7 Å². The third kappa shape index (κ3) is 7.56. The van der Waals surface area contributed by atoms with Crippen molar-refractivity contribution >= 4 is 24.4 Å². The van der Waals surface area contributed by atoms with Gasteiger partial charge in [0.25, 0.3) is 6.20 Å². The quantitative estimate of drug-likeness (QED) is 0.268. The number of nitro groups is 1. The summed E-state index contributed by atoms with van der Waals surface area (Å²) in [4.78, 5) is 9.57. The smallest absolute Gasteiger partial charge is 0.259 e. The van der Waals surface area contributed by atoms with E-state index in [0.717, 1.165) is 11.8 Å². The van der Waals surface area contributed by atoms with Crippen LogP contribution >= 0.6 is 24.4 Å². The SMILES string of the molecule is O=[N+]([O-])C=C(S)SCc1[c-]cccc1.[K+]. The van der Waals surface area contributed by atoms with E-state index in [1.807, 2.05) is 24.3 Å². The molecule has 0 bridgehead atoms. The van der Waals surface area contributed by atoms with E-state index in [2.05, 4.69) is 18.7 Å². The van der Waals surface area contributed by atoms with E-state index < -0.39 is 4.92 Å². The molecule has 0 aromatic heterocycles. The van der Waals surface area contributed by atoms with E-state index in [-0.39, 0.29) is 51.4 Å². The van der Waals surface area contributed by atoms with Gasteiger partial charge in [-0.05, 0) is 0 Å². The fourth-order valence-electron chi connectivity index (χ4n) is 0.799. The van der Waals surface area contributed by atoms with E-state index in [4.69, 9.17) is 0 Å². The molecule has 15 heavy (non-hydrogen) atoms. The molecule has 0 heterocycles. The van der Waals surface area contributed by atoms with Gasteiger partial charge in [-0.1, -0.05) is 0 Å². The third-order valence-electron chi connectivity index (χ3n) is 1.36. The zero-order chi connectivity index (χ0) is 10.4. The van der Waals surface area contributed by atoms with Crippen molar-refractivity contribution in [3.05, 3.63) is 56.4 Å². The second-order valence-electron chi connectivity index (χ2n) is 2.43. The molecule has 6 heteroatoms. The number of thioether (sulfide) groups is 1. The van der Waals surface area contributed by atoms with Crippen LogP contribution in [-0.4, -0.2) is 4.92 Å². The molecule has 0 aliphatic rings. The monoisotopic (exact) mass is 265 g/mol. The third-order valence-corrected chi connectivity index (χ3v) is 2.72. The Balaban J connectivity index is 0.00000196. The summed E-state index contributed by atoms with van der Waals surface area (Å²) < 4.78 is 0.396. The summed E-state index contributed by atoms with van der Waals surface area (Å²) >= 11 is 5.28. The molecule has 0 radical (unpaired) electrons. The van der Waals surface area contributed by atoms with Gasteiger partial charge in [0, 0.05) is 5.75 Å². The number of benzene rings is 1. The fourth-order valence-corrected chi connectivity index (χ4v) is 1.73. The molecular weight excluding hydrogens is 257 g/mol. The molecule has 0 saturated carbocycles. The van der Waals surface area contributed by atoms with Crippen molar-refractivity contribution in [3.63, 3.8) is 0 Å². The van der Waals surface area contributed by atoms with Crippen molar-refractivity contribution < 1.29 is 56.3 Å². The molecule has 0 saturated heterocycles. The largest absolute Gasteiger partial charge is 1.00 e. The van der Waals surface area contributed by atoms with Gasteiger partial charge < -0.3 is 0 Å². The van der Waals surface area contributed by atoms with Gasteiger partial charge >= 0.3 is 51.4 Å². The summed E-state index contributed by atoms with van der Waals surface area (Å²) in [5.74, 6) is 0.643. The number of thiol groups is 1. The second kappa shape index (κ2) is 8.80. The van der Waals surface area contributed by atoms with Crippen molar-refractivity contribution in [2.45, 2.75) is 5.75 Å². The van der Waals surface area contributed by atoms with Crippen LogP contribution in [0.25, 0.3) is 0 Å². The number of rotatable bonds is 4. The molecule has 0 aliphatic heterocycles. The molecule has 0 fully saturated rings. The Morgan fingerprint density at radius 3 is 2.93 bits per heavy atom. The van der Waals surface area contributed by atoms with Crippen molar-refractivity contribution in [2.75, 3.05) is 0 Å². The first-order chi connectivity index (χ1) is 6.68. The predicted octanol–water partition coefficient (Wildman–Crippen LogP) is -0.271. The summed E-state index contributed by atoms with van der Waals surface area (Å²) in [5, 5.41) is 10.1. The Kier molecular flexibility index (Phi) is 9.21. The molecule has 3 nitrogen and oxygen atoms in total. The molecular formula is C9H8KNO2S2. The molecule has 0 amide bonds. The minimum atomic E-state index is -0.510. The zero-order valence-corrected chi connectivity index (χ0v) is 13.0. The fraction of sp³-hybridized carbons (Fsp3) is 0.111. The van der Waals surface area contributed by atoms with E-state index in [0.29, 0.717) is 9.99 Å². The average molecular weight is 265 g/mol. The van der Waals surface area contributed by atoms with Crippen LogP contribution in [-0.2, 0) is 5.75 Å². The van der Waals surface area contributed by atoms with Crippen LogP contribution in [0, 0.1) is 16.2 Å². The summed E-state index contributed by atoms with van der Waals surface area (Å²) in [7, 11) is 0. The van der Waals surface area contributed by atoms with Crippen LogP contribution in [0.1, 0.15) is 5.56 Å². The summed E-state index contributed by atoms with van der Waals surface area (Å²) in [6, 6.07) is 10.5. The Bertz CT molecular complexity index is 343. The van der Waals surface area contributed by atoms with Crippen LogP contribution in [0.2, 0.25) is 0 Å². The van der Waals surface area contributed by atoms with Crippen molar-refractivity contribution in [2.24, 2.45) is 0 Å². The van der Waals surface area contributed by atoms with E-state index in [1.54, 1.807) is 0 Å². The minimum Gasteiger partial charge on any atom is -0.259 e. The summed E-state index contributed by atoms with van der Waals surface area (Å²) in [5.41, 5.74) is 1.00. The van der Waals surface area contributed by atoms with Crippen molar-refractivity contribution in [1.82, 2.24) is 0 Å². The maximum Gasteiger partial charge on any atom is 1.00 e. The topological polar surface area (TPSA) is 43.1 Å². The summed E-state index contributed by atoms with van der Waals surface area (Å²) in [6.07, 6.45) is 0.886. The van der Waals surface area contributed by atoms with Gasteiger partial charge in [-0.15, -0.1) is 24.4 Å².